The first-order valence-electron chi connectivity index (χ1n) is 8.93. The largest absolute Gasteiger partial charge is 0.497 e. The number of allylic oxidation sites excluding steroid dienone is 1. The summed E-state index contributed by atoms with van der Waals surface area (Å²) in [6, 6.07) is 6.42. The van der Waals surface area contributed by atoms with Gasteiger partial charge in [-0.2, -0.15) is 0 Å². The third kappa shape index (κ3) is 7.17. The molecule has 1 aromatic carbocycles. The molecule has 0 bridgehead atoms. The lowest BCUT2D eigenvalue weighted by molar-refractivity contribution is -0.121. The van der Waals surface area contributed by atoms with Crippen molar-refractivity contribution in [1.29, 1.82) is 0 Å². The van der Waals surface area contributed by atoms with Crippen LogP contribution in [0, 0.1) is 0 Å². The summed E-state index contributed by atoms with van der Waals surface area (Å²) in [6.07, 6.45) is 8.98. The van der Waals surface area contributed by atoms with Crippen LogP contribution in [0.25, 0.3) is 0 Å². The molecule has 0 aromatic heterocycles. The maximum atomic E-state index is 12.3. The van der Waals surface area contributed by atoms with Gasteiger partial charge in [0.05, 0.1) is 19.4 Å². The van der Waals surface area contributed by atoms with Crippen molar-refractivity contribution in [3.05, 3.63) is 41.5 Å². The Kier molecular flexibility index (Phi) is 7.66. The molecule has 1 aliphatic rings. The molecule has 0 heterocycles. The summed E-state index contributed by atoms with van der Waals surface area (Å²) in [5.41, 5.74) is 2.12. The molecular formula is C19H28N2O4S. The van der Waals surface area contributed by atoms with Crippen LogP contribution in [0.15, 0.2) is 35.9 Å². The van der Waals surface area contributed by atoms with Gasteiger partial charge in [-0.15, -0.1) is 0 Å². The Hall–Kier alpha value is -1.86. The average molecular weight is 381 g/mol. The van der Waals surface area contributed by atoms with Crippen molar-refractivity contribution in [2.45, 2.75) is 44.6 Å². The highest BCUT2D eigenvalue weighted by Gasteiger charge is 2.20. The second-order valence-electron chi connectivity index (χ2n) is 6.63. The molecule has 7 heteroatoms. The number of amides is 1. The number of hydrogen-bond donors (Lipinski definition) is 2. The number of sulfonamides is 1. The molecule has 6 nitrogen and oxygen atoms in total. The Morgan fingerprint density at radius 2 is 1.96 bits per heavy atom. The lowest BCUT2D eigenvalue weighted by atomic mass is 9.97. The van der Waals surface area contributed by atoms with Gasteiger partial charge >= 0.3 is 0 Å². The molecule has 1 amide bonds. The molecule has 26 heavy (non-hydrogen) atoms. The molecule has 0 saturated heterocycles. The highest BCUT2D eigenvalue weighted by atomic mass is 32.2. The van der Waals surface area contributed by atoms with Crippen molar-refractivity contribution in [1.82, 2.24) is 10.0 Å². The minimum atomic E-state index is -3.44. The summed E-state index contributed by atoms with van der Waals surface area (Å²) in [5, 5.41) is 2.90. The molecule has 2 N–H and O–H groups in total. The van der Waals surface area contributed by atoms with Crippen LogP contribution in [0.2, 0.25) is 0 Å². The maximum Gasteiger partial charge on any atom is 0.221 e. The molecule has 0 unspecified atom stereocenters. The van der Waals surface area contributed by atoms with Gasteiger partial charge in [-0.1, -0.05) is 23.8 Å². The van der Waals surface area contributed by atoms with E-state index in [9.17, 15) is 13.2 Å². The van der Waals surface area contributed by atoms with Crippen molar-refractivity contribution in [2.75, 3.05) is 19.9 Å². The average Bonchev–Trinajstić information content (AvgIpc) is 2.61. The Balaban J connectivity index is 1.94. The Bertz CT molecular complexity index is 726. The summed E-state index contributed by atoms with van der Waals surface area (Å²) >= 11 is 0. The summed E-state index contributed by atoms with van der Waals surface area (Å²) in [5.74, 6) is 0.510. The smallest absolute Gasteiger partial charge is 0.221 e. The molecule has 0 fully saturated rings. The highest BCUT2D eigenvalue weighted by molar-refractivity contribution is 7.88. The third-order valence-electron chi connectivity index (χ3n) is 4.42. The predicted molar refractivity (Wildman–Crippen MR) is 103 cm³/mol. The fraction of sp³-hybridized carbons (Fsp3) is 0.526. The fourth-order valence-electron chi connectivity index (χ4n) is 3.07. The Morgan fingerprint density at radius 1 is 1.23 bits per heavy atom. The molecule has 2 rings (SSSR count). The van der Waals surface area contributed by atoms with Crippen molar-refractivity contribution < 1.29 is 17.9 Å². The van der Waals surface area contributed by atoms with Gasteiger partial charge < -0.3 is 10.1 Å². The van der Waals surface area contributed by atoms with Crippen molar-refractivity contribution in [3.8, 4) is 5.75 Å². The van der Waals surface area contributed by atoms with Crippen LogP contribution in [0.5, 0.6) is 5.75 Å². The van der Waals surface area contributed by atoms with Crippen molar-refractivity contribution in [3.63, 3.8) is 0 Å². The number of benzene rings is 1. The van der Waals surface area contributed by atoms with Gasteiger partial charge in [0.1, 0.15) is 5.75 Å². The molecule has 0 aliphatic heterocycles. The van der Waals surface area contributed by atoms with Gasteiger partial charge in [-0.3, -0.25) is 4.79 Å². The third-order valence-corrected chi connectivity index (χ3v) is 5.13. The van der Waals surface area contributed by atoms with Gasteiger partial charge in [0.15, 0.2) is 0 Å². The van der Waals surface area contributed by atoms with Crippen LogP contribution in [-0.2, 0) is 14.8 Å². The van der Waals surface area contributed by atoms with Gasteiger partial charge in [-0.25, -0.2) is 13.1 Å². The molecule has 0 spiro atoms. The molecule has 0 radical (unpaired) electrons. The van der Waals surface area contributed by atoms with E-state index in [0.29, 0.717) is 12.3 Å². The zero-order chi connectivity index (χ0) is 19.0. The molecule has 144 valence electrons. The number of nitrogens with one attached hydrogen (secondary N) is 2. The van der Waals surface area contributed by atoms with Crippen LogP contribution in [-0.4, -0.2) is 34.2 Å². The minimum Gasteiger partial charge on any atom is -0.497 e. The quantitative estimate of drug-likeness (QED) is 0.645. The molecule has 1 atom stereocenters. The van der Waals surface area contributed by atoms with E-state index in [1.807, 2.05) is 0 Å². The highest BCUT2D eigenvalue weighted by Crippen LogP contribution is 2.22. The predicted octanol–water partition coefficient (Wildman–Crippen LogP) is 2.68. The van der Waals surface area contributed by atoms with E-state index in [-0.39, 0.29) is 12.3 Å². The van der Waals surface area contributed by atoms with Crippen LogP contribution in [0.1, 0.15) is 50.1 Å². The number of carbonyl (C=O) groups excluding carboxylic acids is 1. The normalized spacial score (nSPS) is 15.8. The molecule has 1 aromatic rings. The van der Waals surface area contributed by atoms with E-state index in [4.69, 9.17) is 4.74 Å². The minimum absolute atomic E-state index is 0.0540. The lowest BCUT2D eigenvalue weighted by Crippen LogP contribution is -2.33. The van der Waals surface area contributed by atoms with Crippen LogP contribution < -0.4 is 14.8 Å². The summed E-state index contributed by atoms with van der Waals surface area (Å²) in [4.78, 5) is 12.3. The first-order valence-corrected chi connectivity index (χ1v) is 10.8. The topological polar surface area (TPSA) is 84.5 Å². The number of methoxy groups -OCH3 is 1. The van der Waals surface area contributed by atoms with Gasteiger partial charge in [0, 0.05) is 13.0 Å². The Labute approximate surface area is 156 Å². The van der Waals surface area contributed by atoms with Crippen LogP contribution in [0.3, 0.4) is 0 Å². The summed E-state index contributed by atoms with van der Waals surface area (Å²) < 4.78 is 31.0. The van der Waals surface area contributed by atoms with Gasteiger partial charge in [0.2, 0.25) is 15.9 Å². The zero-order valence-corrected chi connectivity index (χ0v) is 16.3. The van der Waals surface area contributed by atoms with Crippen molar-refractivity contribution in [2.24, 2.45) is 0 Å². The van der Waals surface area contributed by atoms with Gasteiger partial charge in [0.25, 0.3) is 0 Å². The number of hydrogen-bond acceptors (Lipinski definition) is 4. The monoisotopic (exact) mass is 380 g/mol. The zero-order valence-electron chi connectivity index (χ0n) is 15.5. The first-order chi connectivity index (χ1) is 12.4. The maximum absolute atomic E-state index is 12.3. The van der Waals surface area contributed by atoms with Crippen LogP contribution in [0.4, 0.5) is 0 Å². The number of rotatable bonds is 9. The summed E-state index contributed by atoms with van der Waals surface area (Å²) in [7, 11) is -1.87. The first kappa shape index (κ1) is 20.5. The van der Waals surface area contributed by atoms with Crippen molar-refractivity contribution >= 4 is 15.9 Å². The summed E-state index contributed by atoms with van der Waals surface area (Å²) in [6.45, 7) is 0.582. The molecular weight excluding hydrogens is 352 g/mol. The second-order valence-corrected chi connectivity index (χ2v) is 8.41. The van der Waals surface area contributed by atoms with E-state index in [2.05, 4.69) is 16.1 Å². The van der Waals surface area contributed by atoms with E-state index in [0.717, 1.165) is 31.1 Å². The standard InChI is InChI=1S/C19H28N2O4S/c1-25-17-10-8-16(9-11-17)18(21-26(2,23)24)14-19(22)20-13-12-15-6-4-3-5-7-15/h6,8-11,18,21H,3-5,7,12-14H2,1-2H3,(H,20,22)/t18-/m0/s1. The lowest BCUT2D eigenvalue weighted by Gasteiger charge is -2.18. The SMILES string of the molecule is COc1ccc([C@H](CC(=O)NCCC2=CCCCC2)NS(C)(=O)=O)cc1. The number of carbonyl (C=O) groups is 1. The van der Waals surface area contributed by atoms with Crippen LogP contribution >= 0.6 is 0 Å². The fourth-order valence-corrected chi connectivity index (χ4v) is 3.81. The number of ether oxygens (including phenoxy) is 1. The van der Waals surface area contributed by atoms with E-state index in [1.165, 1.54) is 18.4 Å². The second kappa shape index (κ2) is 9.73. The van der Waals surface area contributed by atoms with Gasteiger partial charge in [-0.05, 0) is 49.8 Å². The van der Waals surface area contributed by atoms with E-state index in [1.54, 1.807) is 31.4 Å². The molecule has 1 aliphatic carbocycles. The van der Waals surface area contributed by atoms with E-state index >= 15 is 0 Å². The van der Waals surface area contributed by atoms with E-state index < -0.39 is 16.1 Å². The Morgan fingerprint density at radius 3 is 2.54 bits per heavy atom. The molecule has 0 saturated carbocycles.